The molecule has 1 unspecified atom stereocenters. The molecule has 0 spiro atoms. The fraction of sp³-hybridized carbons (Fsp3) is 0.348. The highest BCUT2D eigenvalue weighted by atomic mass is 19.1. The zero-order chi connectivity index (χ0) is 23.6. The third-order valence-electron chi connectivity index (χ3n) is 4.92. The van der Waals surface area contributed by atoms with Gasteiger partial charge < -0.3 is 10.6 Å². The molecule has 9 nitrogen and oxygen atoms in total. The summed E-state index contributed by atoms with van der Waals surface area (Å²) in [5, 5.41) is 10.3. The van der Waals surface area contributed by atoms with Crippen molar-refractivity contribution in [3.05, 3.63) is 54.4 Å². The molecule has 4 rings (SSSR count). The summed E-state index contributed by atoms with van der Waals surface area (Å²) < 4.78 is 17.3. The number of fused-ring (bicyclic) bond motifs is 1. The molecule has 33 heavy (non-hydrogen) atoms. The Balaban J connectivity index is 1.83. The van der Waals surface area contributed by atoms with Crippen molar-refractivity contribution >= 4 is 28.8 Å². The maximum atomic E-state index is 14.1. The standard InChI is InChI=1S/C23H27FN8O/c1-15(24)14-31-19-17(27-22(31)32-12-8-11-26-32)18(28-20(33)23(2,3)4)29-21(30-19)25-13-16-9-6-5-7-10-16/h5-12,15H,13-14H2,1-4H3,(H2,25,28,29,30,33). The second-order valence-corrected chi connectivity index (χ2v) is 8.87. The number of carbonyl (C=O) groups excluding carboxylic acids is 1. The normalized spacial score (nSPS) is 12.6. The van der Waals surface area contributed by atoms with Crippen LogP contribution < -0.4 is 10.6 Å². The van der Waals surface area contributed by atoms with Crippen LogP contribution in [0.15, 0.2) is 48.8 Å². The van der Waals surface area contributed by atoms with E-state index in [0.29, 0.717) is 29.6 Å². The van der Waals surface area contributed by atoms with Crippen LogP contribution in [0.2, 0.25) is 0 Å². The fourth-order valence-corrected chi connectivity index (χ4v) is 3.21. The number of halogens is 1. The molecule has 4 aromatic rings. The van der Waals surface area contributed by atoms with Gasteiger partial charge in [-0.1, -0.05) is 51.1 Å². The molecule has 172 valence electrons. The molecule has 1 amide bonds. The highest BCUT2D eigenvalue weighted by molar-refractivity contribution is 6.00. The van der Waals surface area contributed by atoms with Gasteiger partial charge in [-0.05, 0) is 18.6 Å². The average Bonchev–Trinajstić information content (AvgIpc) is 3.41. The van der Waals surface area contributed by atoms with Crippen molar-refractivity contribution in [3.63, 3.8) is 0 Å². The van der Waals surface area contributed by atoms with E-state index in [1.807, 2.05) is 51.1 Å². The topological polar surface area (TPSA) is 103 Å². The molecule has 0 bridgehead atoms. The molecule has 1 atom stereocenters. The van der Waals surface area contributed by atoms with Crippen molar-refractivity contribution in [1.29, 1.82) is 0 Å². The number of nitrogens with one attached hydrogen (secondary N) is 2. The van der Waals surface area contributed by atoms with Gasteiger partial charge in [0.25, 0.3) is 0 Å². The van der Waals surface area contributed by atoms with Crippen molar-refractivity contribution in [2.45, 2.75) is 47.0 Å². The molecule has 3 heterocycles. The van der Waals surface area contributed by atoms with Crippen molar-refractivity contribution in [1.82, 2.24) is 29.3 Å². The smallest absolute Gasteiger partial charge is 0.233 e. The minimum atomic E-state index is -1.15. The monoisotopic (exact) mass is 450 g/mol. The van der Waals surface area contributed by atoms with Gasteiger partial charge in [0.15, 0.2) is 17.0 Å². The summed E-state index contributed by atoms with van der Waals surface area (Å²) in [5.74, 6) is 0.732. The third-order valence-corrected chi connectivity index (χ3v) is 4.92. The number of carbonyl (C=O) groups is 1. The Morgan fingerprint density at radius 1 is 1.12 bits per heavy atom. The Bertz CT molecular complexity index is 1240. The molecule has 1 aromatic carbocycles. The summed E-state index contributed by atoms with van der Waals surface area (Å²) >= 11 is 0. The van der Waals surface area contributed by atoms with Crippen molar-refractivity contribution in [3.8, 4) is 5.95 Å². The summed E-state index contributed by atoms with van der Waals surface area (Å²) in [7, 11) is 0. The van der Waals surface area contributed by atoms with E-state index < -0.39 is 11.6 Å². The predicted molar refractivity (Wildman–Crippen MR) is 125 cm³/mol. The number of amides is 1. The van der Waals surface area contributed by atoms with E-state index in [-0.39, 0.29) is 18.3 Å². The van der Waals surface area contributed by atoms with E-state index in [2.05, 4.69) is 30.7 Å². The maximum Gasteiger partial charge on any atom is 0.233 e. The Labute approximate surface area is 191 Å². The van der Waals surface area contributed by atoms with Gasteiger partial charge in [-0.15, -0.1) is 0 Å². The molecular weight excluding hydrogens is 423 g/mol. The molecule has 0 saturated heterocycles. The van der Waals surface area contributed by atoms with E-state index in [1.54, 1.807) is 23.0 Å². The minimum absolute atomic E-state index is 0.0213. The molecule has 2 N–H and O–H groups in total. The number of hydrogen-bond donors (Lipinski definition) is 2. The van der Waals surface area contributed by atoms with Crippen LogP contribution in [-0.2, 0) is 17.9 Å². The van der Waals surface area contributed by atoms with E-state index >= 15 is 0 Å². The molecule has 0 aliphatic heterocycles. The van der Waals surface area contributed by atoms with E-state index in [4.69, 9.17) is 0 Å². The van der Waals surface area contributed by atoms with Crippen LogP contribution >= 0.6 is 0 Å². The van der Waals surface area contributed by atoms with Crippen molar-refractivity contribution in [2.75, 3.05) is 10.6 Å². The fourth-order valence-electron chi connectivity index (χ4n) is 3.21. The zero-order valence-electron chi connectivity index (χ0n) is 19.1. The molecule has 0 aliphatic rings. The largest absolute Gasteiger partial charge is 0.350 e. The Morgan fingerprint density at radius 3 is 2.52 bits per heavy atom. The van der Waals surface area contributed by atoms with Gasteiger partial charge in [0, 0.05) is 24.4 Å². The van der Waals surface area contributed by atoms with E-state index in [0.717, 1.165) is 5.56 Å². The Hall–Kier alpha value is -3.82. The lowest BCUT2D eigenvalue weighted by Gasteiger charge is -2.18. The molecule has 0 saturated carbocycles. The van der Waals surface area contributed by atoms with Crippen LogP contribution in [-0.4, -0.2) is 41.4 Å². The number of anilines is 2. The van der Waals surface area contributed by atoms with Gasteiger partial charge in [0.2, 0.25) is 17.8 Å². The lowest BCUT2D eigenvalue weighted by Crippen LogP contribution is -2.28. The summed E-state index contributed by atoms with van der Waals surface area (Å²) in [5.41, 5.74) is 1.17. The lowest BCUT2D eigenvalue weighted by atomic mass is 9.96. The summed E-state index contributed by atoms with van der Waals surface area (Å²) in [6.45, 7) is 7.42. The van der Waals surface area contributed by atoms with Gasteiger partial charge >= 0.3 is 0 Å². The second-order valence-electron chi connectivity index (χ2n) is 8.87. The number of imidazole rings is 1. The number of rotatable bonds is 7. The molecule has 0 aliphatic carbocycles. The van der Waals surface area contributed by atoms with E-state index in [9.17, 15) is 9.18 Å². The Kier molecular flexibility index (Phi) is 6.08. The first-order valence-electron chi connectivity index (χ1n) is 10.7. The van der Waals surface area contributed by atoms with Gasteiger partial charge in [-0.25, -0.2) is 14.1 Å². The predicted octanol–water partition coefficient (Wildman–Crippen LogP) is 3.97. The van der Waals surface area contributed by atoms with Crippen LogP contribution in [0.3, 0.4) is 0 Å². The molecular formula is C23H27FN8O. The van der Waals surface area contributed by atoms with Crippen LogP contribution in [0.5, 0.6) is 0 Å². The van der Waals surface area contributed by atoms with Gasteiger partial charge in [-0.2, -0.15) is 15.1 Å². The molecule has 3 aromatic heterocycles. The van der Waals surface area contributed by atoms with Crippen LogP contribution in [0.25, 0.3) is 17.1 Å². The number of hydrogen-bond acceptors (Lipinski definition) is 6. The average molecular weight is 451 g/mol. The van der Waals surface area contributed by atoms with Crippen LogP contribution in [0.1, 0.15) is 33.3 Å². The third kappa shape index (κ3) is 5.00. The van der Waals surface area contributed by atoms with Gasteiger partial charge in [-0.3, -0.25) is 9.36 Å². The summed E-state index contributed by atoms with van der Waals surface area (Å²) in [6, 6.07) is 11.6. The van der Waals surface area contributed by atoms with Crippen LogP contribution in [0.4, 0.5) is 16.2 Å². The summed E-state index contributed by atoms with van der Waals surface area (Å²) in [4.78, 5) is 26.5. The molecule has 0 fully saturated rings. The number of alkyl halides is 1. The van der Waals surface area contributed by atoms with Gasteiger partial charge in [0.1, 0.15) is 6.17 Å². The minimum Gasteiger partial charge on any atom is -0.350 e. The van der Waals surface area contributed by atoms with Crippen molar-refractivity contribution in [2.24, 2.45) is 5.41 Å². The second kappa shape index (κ2) is 8.97. The van der Waals surface area contributed by atoms with E-state index in [1.165, 1.54) is 11.6 Å². The SMILES string of the molecule is CC(F)Cn1c(-n2cccn2)nc2c(NC(=O)C(C)(C)C)nc(NCc3ccccc3)nc21. The highest BCUT2D eigenvalue weighted by Gasteiger charge is 2.26. The Morgan fingerprint density at radius 2 is 1.88 bits per heavy atom. The summed E-state index contributed by atoms with van der Waals surface area (Å²) in [6.07, 6.45) is 2.18. The first kappa shape index (κ1) is 22.4. The molecule has 0 radical (unpaired) electrons. The number of aromatic nitrogens is 6. The quantitative estimate of drug-likeness (QED) is 0.442. The maximum absolute atomic E-state index is 14.1. The number of nitrogens with zero attached hydrogens (tertiary/aromatic N) is 6. The first-order chi connectivity index (χ1) is 15.7. The first-order valence-corrected chi connectivity index (χ1v) is 10.7. The number of benzene rings is 1. The highest BCUT2D eigenvalue weighted by Crippen LogP contribution is 2.27. The lowest BCUT2D eigenvalue weighted by molar-refractivity contribution is -0.123. The van der Waals surface area contributed by atoms with Gasteiger partial charge in [0.05, 0.1) is 6.54 Å². The zero-order valence-corrected chi connectivity index (χ0v) is 19.1. The van der Waals surface area contributed by atoms with Crippen LogP contribution in [0, 0.1) is 5.41 Å². The van der Waals surface area contributed by atoms with Crippen molar-refractivity contribution < 1.29 is 9.18 Å². The molecule has 10 heteroatoms.